The topological polar surface area (TPSA) is 98.8 Å². The predicted molar refractivity (Wildman–Crippen MR) is 164 cm³/mol. The number of hydrogen-bond acceptors (Lipinski definition) is 9. The Bertz CT molecular complexity index is 927. The van der Waals surface area contributed by atoms with Gasteiger partial charge in [0.2, 0.25) is 0 Å². The molecule has 2 aliphatic heterocycles. The van der Waals surface area contributed by atoms with Crippen LogP contribution in [0.25, 0.3) is 0 Å². The number of carbonyl (C=O) groups is 2. The fraction of sp³-hybridized carbons (Fsp3) is 0.938. The Morgan fingerprint density at radius 1 is 0.833 bits per heavy atom. The van der Waals surface area contributed by atoms with Gasteiger partial charge in [-0.15, -0.1) is 0 Å². The minimum atomic E-state index is -2.00. The number of ether oxygens (including phenoxy) is 6. The lowest BCUT2D eigenvalue weighted by atomic mass is 9.76. The Balaban J connectivity index is 2.39. The summed E-state index contributed by atoms with van der Waals surface area (Å²) in [6, 6.07) is 0. The lowest BCUT2D eigenvalue weighted by molar-refractivity contribution is -0.341. The Morgan fingerprint density at radius 2 is 1.33 bits per heavy atom. The first-order chi connectivity index (χ1) is 18.9. The highest BCUT2D eigenvalue weighted by Gasteiger charge is 2.52. The van der Waals surface area contributed by atoms with Crippen molar-refractivity contribution in [1.82, 2.24) is 0 Å². The fourth-order valence-electron chi connectivity index (χ4n) is 6.12. The van der Waals surface area contributed by atoms with Gasteiger partial charge in [0.05, 0.1) is 18.8 Å². The summed E-state index contributed by atoms with van der Waals surface area (Å²) in [5, 5.41) is 0.0919. The third-order valence-electron chi connectivity index (χ3n) is 9.50. The van der Waals surface area contributed by atoms with Crippen LogP contribution in [0.5, 0.6) is 0 Å². The van der Waals surface area contributed by atoms with Crippen molar-refractivity contribution in [1.29, 1.82) is 0 Å². The van der Waals surface area contributed by atoms with E-state index in [9.17, 15) is 9.59 Å². The molecule has 0 aromatic rings. The maximum Gasteiger partial charge on any atom is 0.303 e. The average Bonchev–Trinajstić information content (AvgIpc) is 3.18. The third kappa shape index (κ3) is 9.24. The van der Waals surface area contributed by atoms with E-state index in [1.165, 1.54) is 13.8 Å². The number of rotatable bonds is 11. The van der Waals surface area contributed by atoms with Crippen molar-refractivity contribution in [2.75, 3.05) is 6.61 Å². The van der Waals surface area contributed by atoms with E-state index in [1.807, 2.05) is 41.5 Å². The molecule has 42 heavy (non-hydrogen) atoms. The molecule has 2 heterocycles. The zero-order chi connectivity index (χ0) is 32.6. The summed E-state index contributed by atoms with van der Waals surface area (Å²) in [7, 11) is -2.00. The predicted octanol–water partition coefficient (Wildman–Crippen LogP) is 6.48. The average molecular weight is 617 g/mol. The molecular formula is C32H60O9Si. The second kappa shape index (κ2) is 13.5. The van der Waals surface area contributed by atoms with Gasteiger partial charge in [-0.1, -0.05) is 48.5 Å². The summed E-state index contributed by atoms with van der Waals surface area (Å²) in [5.41, 5.74) is 0. The molecule has 2 aliphatic rings. The molecule has 0 aromatic carbocycles. The molecule has 0 radical (unpaired) electrons. The van der Waals surface area contributed by atoms with Crippen molar-refractivity contribution in [3.8, 4) is 0 Å². The van der Waals surface area contributed by atoms with Crippen LogP contribution in [0.3, 0.4) is 0 Å². The monoisotopic (exact) mass is 616 g/mol. The molecular weight excluding hydrogens is 556 g/mol. The van der Waals surface area contributed by atoms with Crippen LogP contribution in [0.15, 0.2) is 0 Å². The Morgan fingerprint density at radius 3 is 1.76 bits per heavy atom. The minimum absolute atomic E-state index is 0.0254. The summed E-state index contributed by atoms with van der Waals surface area (Å²) in [6.07, 6.45) is -2.32. The molecule has 0 aromatic heterocycles. The molecule has 246 valence electrons. The maximum absolute atomic E-state index is 12.4. The molecule has 2 rings (SSSR count). The van der Waals surface area contributed by atoms with Crippen LogP contribution in [0.1, 0.15) is 96.9 Å². The SMILES string of the molecule is CC(=O)O[C@@H]([C@@H](C)[C@H]1OC(C)(C)O[C@@H]([C@@H](C)[C@H](C)O[Si](C)(C)C(C)(C)C)[C@H]1C)[C@H](C)[C@@H](OC(C)=O)[C@H]1COC(C)(C)O1. The van der Waals surface area contributed by atoms with Gasteiger partial charge < -0.3 is 32.8 Å². The molecule has 0 saturated carbocycles. The lowest BCUT2D eigenvalue weighted by Gasteiger charge is -2.51. The normalized spacial score (nSPS) is 30.5. The van der Waals surface area contributed by atoms with E-state index < -0.39 is 56.1 Å². The zero-order valence-electron chi connectivity index (χ0n) is 29.2. The molecule has 10 atom stereocenters. The number of hydrogen-bond donors (Lipinski definition) is 0. The largest absolute Gasteiger partial charge is 0.462 e. The second-order valence-electron chi connectivity index (χ2n) is 15.1. The van der Waals surface area contributed by atoms with Crippen molar-refractivity contribution in [2.24, 2.45) is 23.7 Å². The van der Waals surface area contributed by atoms with Gasteiger partial charge in [0.15, 0.2) is 19.9 Å². The first-order valence-corrected chi connectivity index (χ1v) is 18.5. The van der Waals surface area contributed by atoms with Gasteiger partial charge >= 0.3 is 11.9 Å². The van der Waals surface area contributed by atoms with Gasteiger partial charge in [0.1, 0.15) is 18.3 Å². The van der Waals surface area contributed by atoms with Crippen molar-refractivity contribution < 1.29 is 42.4 Å². The van der Waals surface area contributed by atoms with E-state index in [2.05, 4.69) is 54.6 Å². The summed E-state index contributed by atoms with van der Waals surface area (Å²) < 4.78 is 43.6. The quantitative estimate of drug-likeness (QED) is 0.191. The van der Waals surface area contributed by atoms with E-state index in [0.717, 1.165) is 0 Å². The maximum atomic E-state index is 12.4. The molecule has 0 amide bonds. The van der Waals surface area contributed by atoms with Gasteiger partial charge in [0.25, 0.3) is 0 Å². The Kier molecular flexibility index (Phi) is 12.0. The van der Waals surface area contributed by atoms with E-state index in [4.69, 9.17) is 32.8 Å². The lowest BCUT2D eigenvalue weighted by Crippen LogP contribution is -2.59. The van der Waals surface area contributed by atoms with Crippen molar-refractivity contribution in [2.45, 2.75) is 163 Å². The molecule has 2 saturated heterocycles. The van der Waals surface area contributed by atoms with Crippen LogP contribution in [-0.4, -0.2) is 75.1 Å². The summed E-state index contributed by atoms with van der Waals surface area (Å²) in [5.74, 6) is -3.16. The summed E-state index contributed by atoms with van der Waals surface area (Å²) in [6.45, 7) is 32.2. The molecule has 0 N–H and O–H groups in total. The molecule has 10 heteroatoms. The number of esters is 2. The number of carbonyl (C=O) groups excluding carboxylic acids is 2. The Labute approximate surface area is 256 Å². The smallest absolute Gasteiger partial charge is 0.303 e. The van der Waals surface area contributed by atoms with Gasteiger partial charge in [-0.2, -0.15) is 0 Å². The van der Waals surface area contributed by atoms with Gasteiger partial charge in [-0.3, -0.25) is 9.59 Å². The van der Waals surface area contributed by atoms with Crippen molar-refractivity contribution in [3.63, 3.8) is 0 Å². The first-order valence-electron chi connectivity index (χ1n) is 15.6. The third-order valence-corrected chi connectivity index (χ3v) is 14.1. The molecule has 0 spiro atoms. The molecule has 0 unspecified atom stereocenters. The standard InChI is InChI=1S/C32H60O9Si/c1-18(22(5)41-42(15,16)30(8,9)10)27-21(4)28(40-32(13,14)39-27)19(2)26(36-23(6)33)20(3)29(37-24(7)34)25-17-35-31(11,12)38-25/h18-22,25-29H,17H2,1-16H3/t18-,19+,20-,21+,22-,25+,26-,27-,28+,29+/m0/s1. The highest BCUT2D eigenvalue weighted by Crippen LogP contribution is 2.44. The van der Waals surface area contributed by atoms with Crippen LogP contribution in [-0.2, 0) is 42.4 Å². The van der Waals surface area contributed by atoms with E-state index in [-0.39, 0.29) is 47.7 Å². The van der Waals surface area contributed by atoms with E-state index >= 15 is 0 Å². The Hall–Kier alpha value is -1.04. The van der Waals surface area contributed by atoms with E-state index in [0.29, 0.717) is 0 Å². The summed E-state index contributed by atoms with van der Waals surface area (Å²) in [4.78, 5) is 24.6. The minimum Gasteiger partial charge on any atom is -0.462 e. The highest BCUT2D eigenvalue weighted by molar-refractivity contribution is 6.74. The van der Waals surface area contributed by atoms with Crippen molar-refractivity contribution >= 4 is 20.3 Å². The van der Waals surface area contributed by atoms with Crippen molar-refractivity contribution in [3.05, 3.63) is 0 Å². The van der Waals surface area contributed by atoms with Crippen LogP contribution < -0.4 is 0 Å². The fourth-order valence-corrected chi connectivity index (χ4v) is 7.62. The molecule has 9 nitrogen and oxygen atoms in total. The molecule has 0 aliphatic carbocycles. The van der Waals surface area contributed by atoms with E-state index in [1.54, 1.807) is 0 Å². The van der Waals surface area contributed by atoms with Crippen LogP contribution in [0.2, 0.25) is 18.1 Å². The van der Waals surface area contributed by atoms with Crippen LogP contribution in [0, 0.1) is 23.7 Å². The zero-order valence-corrected chi connectivity index (χ0v) is 30.2. The first kappa shape index (κ1) is 37.1. The highest BCUT2D eigenvalue weighted by atomic mass is 28.4. The van der Waals surface area contributed by atoms with Gasteiger partial charge in [-0.05, 0) is 52.8 Å². The molecule has 2 fully saturated rings. The molecule has 0 bridgehead atoms. The second-order valence-corrected chi connectivity index (χ2v) is 19.9. The summed E-state index contributed by atoms with van der Waals surface area (Å²) >= 11 is 0. The van der Waals surface area contributed by atoms with Gasteiger partial charge in [-0.25, -0.2) is 0 Å². The van der Waals surface area contributed by atoms with Crippen LogP contribution in [0.4, 0.5) is 0 Å². The van der Waals surface area contributed by atoms with Crippen LogP contribution >= 0.6 is 0 Å². The van der Waals surface area contributed by atoms with Gasteiger partial charge in [0, 0.05) is 43.6 Å².